The van der Waals surface area contributed by atoms with Crippen LogP contribution >= 0.6 is 0 Å². The fraction of sp³-hybridized carbons (Fsp3) is 0.895. The molecule has 1 rings (SSSR count). The van der Waals surface area contributed by atoms with Crippen LogP contribution in [0, 0.1) is 0 Å². The predicted octanol–water partition coefficient (Wildman–Crippen LogP) is 1.78. The molecule has 152 valence electrons. The lowest BCUT2D eigenvalue weighted by molar-refractivity contribution is -0.154. The lowest BCUT2D eigenvalue weighted by Crippen LogP contribution is -2.44. The van der Waals surface area contributed by atoms with Crippen molar-refractivity contribution >= 4 is 11.9 Å². The maximum atomic E-state index is 11.6. The van der Waals surface area contributed by atoms with Crippen LogP contribution in [0.25, 0.3) is 0 Å². The van der Waals surface area contributed by atoms with Crippen molar-refractivity contribution < 1.29 is 14.3 Å². The van der Waals surface area contributed by atoms with Crippen LogP contribution in [0.15, 0.2) is 4.99 Å². The van der Waals surface area contributed by atoms with Gasteiger partial charge in [-0.2, -0.15) is 0 Å². The molecule has 26 heavy (non-hydrogen) atoms. The van der Waals surface area contributed by atoms with Gasteiger partial charge in [0.15, 0.2) is 5.96 Å². The monoisotopic (exact) mass is 370 g/mol. The van der Waals surface area contributed by atoms with Gasteiger partial charge in [0.25, 0.3) is 0 Å². The molecule has 0 aromatic heterocycles. The molecule has 0 atom stereocenters. The van der Waals surface area contributed by atoms with Crippen LogP contribution in [0.4, 0.5) is 0 Å². The first-order chi connectivity index (χ1) is 12.4. The molecule has 0 spiro atoms. The predicted molar refractivity (Wildman–Crippen MR) is 106 cm³/mol. The molecule has 7 nitrogen and oxygen atoms in total. The van der Waals surface area contributed by atoms with Crippen molar-refractivity contribution in [2.24, 2.45) is 4.99 Å². The fourth-order valence-electron chi connectivity index (χ4n) is 2.73. The molecular weight excluding hydrogens is 332 g/mol. The average Bonchev–Trinajstić information content (AvgIpc) is 2.58. The molecule has 0 bridgehead atoms. The Labute approximate surface area is 158 Å². The van der Waals surface area contributed by atoms with Crippen LogP contribution in [0.3, 0.4) is 0 Å². The number of hydrogen-bond acceptors (Lipinski definition) is 5. The lowest BCUT2D eigenvalue weighted by Gasteiger charge is -2.26. The molecule has 1 aliphatic rings. The fourth-order valence-corrected chi connectivity index (χ4v) is 2.73. The Bertz CT molecular complexity index is 415. The number of guanidine groups is 1. The molecule has 0 unspecified atom stereocenters. The Morgan fingerprint density at radius 2 is 1.73 bits per heavy atom. The quantitative estimate of drug-likeness (QED) is 0.264. The molecule has 0 radical (unpaired) electrons. The third kappa shape index (κ3) is 12.1. The standard InChI is InChI=1S/C19H38N4O3/c1-19(2,3)26-17(24)9-7-5-6-8-10-21-18(20-4)22-11-12-23-13-15-25-16-14-23/h5-16H2,1-4H3,(H2,20,21,22). The van der Waals surface area contributed by atoms with Gasteiger partial charge in [-0.15, -0.1) is 0 Å². The molecule has 0 saturated carbocycles. The van der Waals surface area contributed by atoms with Crippen molar-refractivity contribution in [1.82, 2.24) is 15.5 Å². The highest BCUT2D eigenvalue weighted by molar-refractivity contribution is 5.79. The van der Waals surface area contributed by atoms with E-state index in [9.17, 15) is 4.79 Å². The van der Waals surface area contributed by atoms with E-state index in [0.717, 1.165) is 77.6 Å². The summed E-state index contributed by atoms with van der Waals surface area (Å²) in [6.07, 6.45) is 4.61. The van der Waals surface area contributed by atoms with Gasteiger partial charge in [0.1, 0.15) is 5.60 Å². The van der Waals surface area contributed by atoms with E-state index in [2.05, 4.69) is 20.5 Å². The molecule has 1 fully saturated rings. The summed E-state index contributed by atoms with van der Waals surface area (Å²) in [6.45, 7) is 12.2. The number of rotatable bonds is 10. The van der Waals surface area contributed by atoms with Gasteiger partial charge in [-0.1, -0.05) is 12.8 Å². The van der Waals surface area contributed by atoms with Gasteiger partial charge in [-0.05, 0) is 33.6 Å². The molecule has 0 amide bonds. The number of esters is 1. The van der Waals surface area contributed by atoms with E-state index in [4.69, 9.17) is 9.47 Å². The molecule has 0 aliphatic carbocycles. The highest BCUT2D eigenvalue weighted by atomic mass is 16.6. The number of nitrogens with zero attached hydrogens (tertiary/aromatic N) is 2. The maximum absolute atomic E-state index is 11.6. The highest BCUT2D eigenvalue weighted by Crippen LogP contribution is 2.10. The van der Waals surface area contributed by atoms with Crippen molar-refractivity contribution in [3.63, 3.8) is 0 Å². The van der Waals surface area contributed by atoms with Gasteiger partial charge in [0, 0.05) is 46.2 Å². The first-order valence-corrected chi connectivity index (χ1v) is 9.87. The molecule has 2 N–H and O–H groups in total. The van der Waals surface area contributed by atoms with Gasteiger partial charge >= 0.3 is 5.97 Å². The largest absolute Gasteiger partial charge is 0.460 e. The van der Waals surface area contributed by atoms with Crippen LogP contribution in [-0.4, -0.2) is 75.4 Å². The second-order valence-corrected chi connectivity index (χ2v) is 7.63. The number of carbonyl (C=O) groups is 1. The second kappa shape index (κ2) is 12.9. The summed E-state index contributed by atoms with van der Waals surface area (Å²) in [5.74, 6) is 0.757. The minimum atomic E-state index is -0.383. The number of nitrogens with one attached hydrogen (secondary N) is 2. The van der Waals surface area contributed by atoms with Crippen LogP contribution in [0.1, 0.15) is 52.9 Å². The molecule has 1 heterocycles. The van der Waals surface area contributed by atoms with Crippen molar-refractivity contribution in [1.29, 1.82) is 0 Å². The number of aliphatic imine (C=N–C) groups is 1. The van der Waals surface area contributed by atoms with E-state index in [0.29, 0.717) is 6.42 Å². The third-order valence-corrected chi connectivity index (χ3v) is 4.07. The molecule has 0 aromatic rings. The SMILES string of the molecule is CN=C(NCCCCCCC(=O)OC(C)(C)C)NCCN1CCOCC1. The Hall–Kier alpha value is -1.34. The summed E-state index contributed by atoms with van der Waals surface area (Å²) < 4.78 is 10.7. The lowest BCUT2D eigenvalue weighted by atomic mass is 10.1. The third-order valence-electron chi connectivity index (χ3n) is 4.07. The van der Waals surface area contributed by atoms with Crippen molar-refractivity contribution in [3.05, 3.63) is 0 Å². The van der Waals surface area contributed by atoms with Crippen molar-refractivity contribution in [3.8, 4) is 0 Å². The zero-order chi connectivity index (χ0) is 19.3. The Balaban J connectivity index is 1.97. The van der Waals surface area contributed by atoms with Gasteiger partial charge in [-0.25, -0.2) is 0 Å². The van der Waals surface area contributed by atoms with Crippen LogP contribution in [0.2, 0.25) is 0 Å². The van der Waals surface area contributed by atoms with E-state index in [-0.39, 0.29) is 11.6 Å². The Morgan fingerprint density at radius 3 is 2.38 bits per heavy atom. The van der Waals surface area contributed by atoms with Gasteiger partial charge < -0.3 is 20.1 Å². The highest BCUT2D eigenvalue weighted by Gasteiger charge is 2.15. The minimum absolute atomic E-state index is 0.0968. The number of morpholine rings is 1. The van der Waals surface area contributed by atoms with Gasteiger partial charge in [0.05, 0.1) is 13.2 Å². The van der Waals surface area contributed by atoms with Crippen LogP contribution < -0.4 is 10.6 Å². The summed E-state index contributed by atoms with van der Waals surface area (Å²) in [6, 6.07) is 0. The number of carbonyl (C=O) groups excluding carboxylic acids is 1. The van der Waals surface area contributed by atoms with Gasteiger partial charge in [-0.3, -0.25) is 14.7 Å². The molecule has 0 aromatic carbocycles. The van der Waals surface area contributed by atoms with Crippen LogP contribution in [-0.2, 0) is 14.3 Å². The van der Waals surface area contributed by atoms with E-state index in [1.165, 1.54) is 0 Å². The van der Waals surface area contributed by atoms with E-state index in [1.54, 1.807) is 7.05 Å². The zero-order valence-electron chi connectivity index (χ0n) is 17.1. The number of ether oxygens (including phenoxy) is 2. The first-order valence-electron chi connectivity index (χ1n) is 9.87. The van der Waals surface area contributed by atoms with E-state index >= 15 is 0 Å². The molecular formula is C19H38N4O3. The number of hydrogen-bond donors (Lipinski definition) is 2. The smallest absolute Gasteiger partial charge is 0.306 e. The average molecular weight is 371 g/mol. The Morgan fingerprint density at radius 1 is 1.08 bits per heavy atom. The topological polar surface area (TPSA) is 75.2 Å². The minimum Gasteiger partial charge on any atom is -0.460 e. The zero-order valence-corrected chi connectivity index (χ0v) is 17.1. The molecule has 7 heteroatoms. The van der Waals surface area contributed by atoms with Gasteiger partial charge in [0.2, 0.25) is 0 Å². The van der Waals surface area contributed by atoms with Crippen LogP contribution in [0.5, 0.6) is 0 Å². The summed E-state index contributed by atoms with van der Waals surface area (Å²) in [7, 11) is 1.80. The van der Waals surface area contributed by atoms with E-state index in [1.807, 2.05) is 20.8 Å². The molecule has 1 saturated heterocycles. The van der Waals surface area contributed by atoms with E-state index < -0.39 is 0 Å². The normalized spacial score (nSPS) is 16.4. The van der Waals surface area contributed by atoms with Crippen molar-refractivity contribution in [2.75, 3.05) is 53.0 Å². The maximum Gasteiger partial charge on any atom is 0.306 e. The Kier molecular flexibility index (Phi) is 11.3. The first kappa shape index (κ1) is 22.7. The number of unbranched alkanes of at least 4 members (excludes halogenated alkanes) is 3. The summed E-state index contributed by atoms with van der Waals surface area (Å²) in [5.41, 5.74) is -0.383. The summed E-state index contributed by atoms with van der Waals surface area (Å²) >= 11 is 0. The summed E-state index contributed by atoms with van der Waals surface area (Å²) in [5, 5.41) is 6.69. The molecule has 1 aliphatic heterocycles. The summed E-state index contributed by atoms with van der Waals surface area (Å²) in [4.78, 5) is 18.3. The van der Waals surface area contributed by atoms with Crippen molar-refractivity contribution in [2.45, 2.75) is 58.5 Å². The second-order valence-electron chi connectivity index (χ2n) is 7.63.